The molecule has 0 amide bonds. The summed E-state index contributed by atoms with van der Waals surface area (Å²) in [5, 5.41) is 0. The van der Waals surface area contributed by atoms with Crippen molar-refractivity contribution in [1.29, 1.82) is 0 Å². The summed E-state index contributed by atoms with van der Waals surface area (Å²) in [5.74, 6) is 0.510. The Balaban J connectivity index is 4.57. The Hall–Kier alpha value is -0.570. The summed E-state index contributed by atoms with van der Waals surface area (Å²) in [7, 11) is 1.39. The van der Waals surface area contributed by atoms with Gasteiger partial charge in [0.25, 0.3) is 0 Å². The van der Waals surface area contributed by atoms with Crippen LogP contribution >= 0.6 is 0 Å². The lowest BCUT2D eigenvalue weighted by molar-refractivity contribution is -0.148. The van der Waals surface area contributed by atoms with Crippen LogP contribution in [0.5, 0.6) is 0 Å². The normalized spacial score (nSPS) is 12.3. The molecule has 14 heavy (non-hydrogen) atoms. The SMILES string of the molecule is COC(=O)C(N)(CC(C)C)CC(C)C. The predicted octanol–water partition coefficient (Wildman–Crippen LogP) is 1.95. The molecule has 0 aliphatic heterocycles. The Morgan fingerprint density at radius 2 is 1.57 bits per heavy atom. The fourth-order valence-corrected chi connectivity index (χ4v) is 1.91. The van der Waals surface area contributed by atoms with Gasteiger partial charge in [0.15, 0.2) is 0 Å². The fraction of sp³-hybridized carbons (Fsp3) is 0.909. The first-order valence-corrected chi connectivity index (χ1v) is 5.19. The highest BCUT2D eigenvalue weighted by Gasteiger charge is 2.36. The molecule has 3 nitrogen and oxygen atoms in total. The van der Waals surface area contributed by atoms with E-state index in [1.807, 2.05) is 0 Å². The number of methoxy groups -OCH3 is 1. The van der Waals surface area contributed by atoms with E-state index < -0.39 is 5.54 Å². The van der Waals surface area contributed by atoms with E-state index in [0.717, 1.165) is 0 Å². The number of hydrogen-bond acceptors (Lipinski definition) is 3. The largest absolute Gasteiger partial charge is 0.468 e. The number of rotatable bonds is 5. The molecule has 2 N–H and O–H groups in total. The number of carbonyl (C=O) groups excluding carboxylic acids is 1. The second-order valence-electron chi connectivity index (χ2n) is 4.84. The van der Waals surface area contributed by atoms with Gasteiger partial charge in [-0.2, -0.15) is 0 Å². The molecule has 0 saturated heterocycles. The molecule has 0 saturated carbocycles. The first kappa shape index (κ1) is 13.4. The van der Waals surface area contributed by atoms with Crippen molar-refractivity contribution >= 4 is 5.97 Å². The van der Waals surface area contributed by atoms with Crippen LogP contribution in [0.3, 0.4) is 0 Å². The standard InChI is InChI=1S/C11H23NO2/c1-8(2)6-11(12,7-9(3)4)10(13)14-5/h8-9H,6-7,12H2,1-5H3. The molecule has 0 atom stereocenters. The molecule has 0 radical (unpaired) electrons. The third kappa shape index (κ3) is 4.09. The molecule has 0 rings (SSSR count). The van der Waals surface area contributed by atoms with E-state index in [4.69, 9.17) is 10.5 Å². The van der Waals surface area contributed by atoms with Gasteiger partial charge in [-0.15, -0.1) is 0 Å². The summed E-state index contributed by atoms with van der Waals surface area (Å²) < 4.78 is 4.75. The summed E-state index contributed by atoms with van der Waals surface area (Å²) in [4.78, 5) is 11.6. The minimum absolute atomic E-state index is 0.292. The van der Waals surface area contributed by atoms with Gasteiger partial charge in [-0.3, -0.25) is 4.79 Å². The van der Waals surface area contributed by atoms with Crippen molar-refractivity contribution in [1.82, 2.24) is 0 Å². The van der Waals surface area contributed by atoms with Crippen molar-refractivity contribution in [2.45, 2.75) is 46.1 Å². The summed E-state index contributed by atoms with van der Waals surface area (Å²) in [6, 6.07) is 0. The van der Waals surface area contributed by atoms with Crippen molar-refractivity contribution in [3.05, 3.63) is 0 Å². The third-order valence-corrected chi connectivity index (χ3v) is 2.14. The van der Waals surface area contributed by atoms with E-state index in [-0.39, 0.29) is 5.97 Å². The average Bonchev–Trinajstić information content (AvgIpc) is 1.99. The number of ether oxygens (including phenoxy) is 1. The lowest BCUT2D eigenvalue weighted by Gasteiger charge is -2.29. The van der Waals surface area contributed by atoms with E-state index in [1.165, 1.54) is 7.11 Å². The maximum Gasteiger partial charge on any atom is 0.325 e. The number of nitrogens with two attached hydrogens (primary N) is 1. The van der Waals surface area contributed by atoms with Gasteiger partial charge in [0, 0.05) is 0 Å². The van der Waals surface area contributed by atoms with E-state index >= 15 is 0 Å². The zero-order valence-electron chi connectivity index (χ0n) is 9.96. The maximum atomic E-state index is 11.6. The van der Waals surface area contributed by atoms with Gasteiger partial charge in [-0.05, 0) is 24.7 Å². The van der Waals surface area contributed by atoms with E-state index in [9.17, 15) is 4.79 Å². The first-order chi connectivity index (χ1) is 6.31. The molecule has 0 aliphatic rings. The summed E-state index contributed by atoms with van der Waals surface area (Å²) >= 11 is 0. The zero-order chi connectivity index (χ0) is 11.4. The molecule has 0 aliphatic carbocycles. The summed E-state index contributed by atoms with van der Waals surface area (Å²) in [5.41, 5.74) is 5.27. The van der Waals surface area contributed by atoms with Gasteiger partial charge in [0.2, 0.25) is 0 Å². The topological polar surface area (TPSA) is 52.3 Å². The molecule has 0 aromatic heterocycles. The molecule has 0 aromatic rings. The molecule has 3 heteroatoms. The number of esters is 1. The zero-order valence-corrected chi connectivity index (χ0v) is 9.96. The van der Waals surface area contributed by atoms with Gasteiger partial charge >= 0.3 is 5.97 Å². The minimum atomic E-state index is -0.808. The van der Waals surface area contributed by atoms with E-state index in [0.29, 0.717) is 24.7 Å². The monoisotopic (exact) mass is 201 g/mol. The van der Waals surface area contributed by atoms with Crippen molar-refractivity contribution in [2.75, 3.05) is 7.11 Å². The second kappa shape index (κ2) is 5.35. The second-order valence-corrected chi connectivity index (χ2v) is 4.84. The first-order valence-electron chi connectivity index (χ1n) is 5.19. The van der Waals surface area contributed by atoms with Crippen LogP contribution in [0.2, 0.25) is 0 Å². The third-order valence-electron chi connectivity index (χ3n) is 2.14. The maximum absolute atomic E-state index is 11.6. The Morgan fingerprint density at radius 1 is 1.21 bits per heavy atom. The van der Waals surface area contributed by atoms with Crippen LogP contribution in [-0.4, -0.2) is 18.6 Å². The van der Waals surface area contributed by atoms with Crippen LogP contribution < -0.4 is 5.73 Å². The molecular formula is C11H23NO2. The van der Waals surface area contributed by atoms with Crippen molar-refractivity contribution in [3.63, 3.8) is 0 Å². The molecule has 0 aromatic carbocycles. The van der Waals surface area contributed by atoms with Crippen LogP contribution in [0, 0.1) is 11.8 Å². The van der Waals surface area contributed by atoms with E-state index in [1.54, 1.807) is 0 Å². The molecule has 0 bridgehead atoms. The van der Waals surface area contributed by atoms with Crippen LogP contribution in [0.1, 0.15) is 40.5 Å². The van der Waals surface area contributed by atoms with Crippen molar-refractivity contribution in [3.8, 4) is 0 Å². The molecule has 0 unspecified atom stereocenters. The molecule has 0 spiro atoms. The van der Waals surface area contributed by atoms with E-state index in [2.05, 4.69) is 27.7 Å². The highest BCUT2D eigenvalue weighted by atomic mass is 16.5. The Kier molecular flexibility index (Phi) is 5.13. The average molecular weight is 201 g/mol. The molecular weight excluding hydrogens is 178 g/mol. The van der Waals surface area contributed by atoms with Gasteiger partial charge in [0.1, 0.15) is 5.54 Å². The Morgan fingerprint density at radius 3 is 1.79 bits per heavy atom. The van der Waals surface area contributed by atoms with Gasteiger partial charge < -0.3 is 10.5 Å². The lowest BCUT2D eigenvalue weighted by Crippen LogP contribution is -2.50. The van der Waals surface area contributed by atoms with Crippen molar-refractivity contribution < 1.29 is 9.53 Å². The molecule has 0 fully saturated rings. The van der Waals surface area contributed by atoms with Crippen LogP contribution in [-0.2, 0) is 9.53 Å². The van der Waals surface area contributed by atoms with Gasteiger partial charge in [0.05, 0.1) is 7.11 Å². The predicted molar refractivity (Wildman–Crippen MR) is 57.8 cm³/mol. The number of hydrogen-bond donors (Lipinski definition) is 1. The van der Waals surface area contributed by atoms with Crippen LogP contribution in [0.25, 0.3) is 0 Å². The lowest BCUT2D eigenvalue weighted by atomic mass is 9.83. The molecule has 84 valence electrons. The highest BCUT2D eigenvalue weighted by molar-refractivity contribution is 5.80. The van der Waals surface area contributed by atoms with Crippen molar-refractivity contribution in [2.24, 2.45) is 17.6 Å². The highest BCUT2D eigenvalue weighted by Crippen LogP contribution is 2.23. The van der Waals surface area contributed by atoms with Gasteiger partial charge in [-0.25, -0.2) is 0 Å². The fourth-order valence-electron chi connectivity index (χ4n) is 1.91. The quantitative estimate of drug-likeness (QED) is 0.692. The Labute approximate surface area is 87.0 Å². The minimum Gasteiger partial charge on any atom is -0.468 e. The molecule has 0 heterocycles. The summed E-state index contributed by atoms with van der Waals surface area (Å²) in [6.45, 7) is 8.24. The smallest absolute Gasteiger partial charge is 0.325 e. The van der Waals surface area contributed by atoms with Gasteiger partial charge in [-0.1, -0.05) is 27.7 Å². The Bertz CT molecular complexity index is 178. The van der Waals surface area contributed by atoms with Crippen LogP contribution in [0.4, 0.5) is 0 Å². The van der Waals surface area contributed by atoms with Crippen LogP contribution in [0.15, 0.2) is 0 Å². The summed E-state index contributed by atoms with van der Waals surface area (Å²) in [6.07, 6.45) is 1.36. The number of carbonyl (C=O) groups is 1.